The first kappa shape index (κ1) is 23.2. The minimum atomic E-state index is -2.15. The lowest BCUT2D eigenvalue weighted by Gasteiger charge is -2.22. The number of guanidine groups is 1. The van der Waals surface area contributed by atoms with E-state index in [1.165, 1.54) is 5.56 Å². The summed E-state index contributed by atoms with van der Waals surface area (Å²) in [5.74, 6) is -2.54. The number of esters is 1. The van der Waals surface area contributed by atoms with Crippen molar-refractivity contribution < 1.29 is 19.4 Å². The summed E-state index contributed by atoms with van der Waals surface area (Å²) in [6.45, 7) is 0.127. The zero-order valence-electron chi connectivity index (χ0n) is 16.3. The van der Waals surface area contributed by atoms with E-state index in [1.54, 1.807) is 0 Å². The van der Waals surface area contributed by atoms with Crippen molar-refractivity contribution in [3.63, 3.8) is 0 Å². The fourth-order valence-corrected chi connectivity index (χ4v) is 3.49. The average Bonchev–Trinajstić information content (AvgIpc) is 3.08. The maximum atomic E-state index is 12.5. The van der Waals surface area contributed by atoms with Gasteiger partial charge in [0.15, 0.2) is 5.96 Å². The average molecular weight is 433 g/mol. The van der Waals surface area contributed by atoms with E-state index in [-0.39, 0.29) is 44.4 Å². The molecule has 1 aliphatic rings. The number of halogens is 1. The van der Waals surface area contributed by atoms with Crippen molar-refractivity contribution in [2.45, 2.75) is 31.4 Å². The van der Waals surface area contributed by atoms with Crippen LogP contribution in [-0.2, 0) is 27.4 Å². The smallest absolute Gasteiger partial charge is 0.338 e. The molecule has 0 radical (unpaired) electrons. The van der Waals surface area contributed by atoms with Crippen molar-refractivity contribution in [1.82, 2.24) is 0 Å². The Bertz CT molecular complexity index is 975. The van der Waals surface area contributed by atoms with Crippen LogP contribution < -0.4 is 17.2 Å². The number of carboxylic acids is 1. The highest BCUT2D eigenvalue weighted by molar-refractivity contribution is 6.03. The Morgan fingerprint density at radius 2 is 1.80 bits per heavy atom. The van der Waals surface area contributed by atoms with Gasteiger partial charge in [0.05, 0.1) is 0 Å². The molecule has 2 aromatic rings. The highest BCUT2D eigenvalue weighted by Gasteiger charge is 2.43. The third-order valence-electron chi connectivity index (χ3n) is 5.08. The molecular weight excluding hydrogens is 408 g/mol. The first-order chi connectivity index (χ1) is 13.8. The second kappa shape index (κ2) is 9.60. The lowest BCUT2D eigenvalue weighted by molar-refractivity contribution is -0.162. The summed E-state index contributed by atoms with van der Waals surface area (Å²) in [4.78, 5) is 27.9. The van der Waals surface area contributed by atoms with Gasteiger partial charge >= 0.3 is 11.9 Å². The lowest BCUT2D eigenvalue weighted by Crippen LogP contribution is -2.55. The van der Waals surface area contributed by atoms with Crippen LogP contribution in [0.2, 0.25) is 0 Å². The summed E-state index contributed by atoms with van der Waals surface area (Å²) in [6.07, 6.45) is 0.826. The molecule has 0 heterocycles. The number of nitrogens with zero attached hydrogens (tertiary/aromatic N) is 1. The molecule has 0 aromatic heterocycles. The van der Waals surface area contributed by atoms with E-state index >= 15 is 0 Å². The SMILES string of the molecule is Cl.NC(N)=NCCC[C@](N)(C(=O)O)C(=O)OCc1cccc2c1Cc1ccccc1-2. The molecule has 7 N–H and O–H groups in total. The zero-order valence-corrected chi connectivity index (χ0v) is 17.2. The van der Waals surface area contributed by atoms with Gasteiger partial charge in [-0.2, -0.15) is 0 Å². The molecule has 160 valence electrons. The van der Waals surface area contributed by atoms with Gasteiger partial charge in [0.2, 0.25) is 5.54 Å². The standard InChI is InChI=1S/C21H24N4O4.ClH/c22-20(23)25-10-4-9-21(24,18(26)27)19(28)29-12-14-6-3-8-16-15-7-2-1-5-13(15)11-17(14)16;/h1-3,5-8H,4,9-12,24H2,(H,26,27)(H4,22,23,25);1H/t21-;/m0./s1. The van der Waals surface area contributed by atoms with E-state index < -0.39 is 17.5 Å². The molecule has 1 aliphatic carbocycles. The Balaban J connectivity index is 0.00000320. The Kier molecular flexibility index (Phi) is 7.42. The fraction of sp³-hybridized carbons (Fsp3) is 0.286. The normalized spacial score (nSPS) is 13.2. The number of aliphatic imine (C=N–C) groups is 1. The molecule has 8 nitrogen and oxygen atoms in total. The van der Waals surface area contributed by atoms with Gasteiger partial charge in [-0.1, -0.05) is 42.5 Å². The number of fused-ring (bicyclic) bond motifs is 3. The second-order valence-electron chi connectivity index (χ2n) is 7.04. The minimum Gasteiger partial charge on any atom is -0.479 e. The van der Waals surface area contributed by atoms with Gasteiger partial charge in [-0.3, -0.25) is 4.99 Å². The highest BCUT2D eigenvalue weighted by atomic mass is 35.5. The summed E-state index contributed by atoms with van der Waals surface area (Å²) >= 11 is 0. The number of hydrogen-bond donors (Lipinski definition) is 4. The highest BCUT2D eigenvalue weighted by Crippen LogP contribution is 2.38. The Hall–Kier alpha value is -3.10. The van der Waals surface area contributed by atoms with Crippen molar-refractivity contribution in [1.29, 1.82) is 0 Å². The van der Waals surface area contributed by atoms with E-state index in [0.29, 0.717) is 0 Å². The van der Waals surface area contributed by atoms with Crippen LogP contribution in [0.3, 0.4) is 0 Å². The first-order valence-electron chi connectivity index (χ1n) is 9.27. The molecule has 0 saturated carbocycles. The minimum absolute atomic E-state index is 0. The molecule has 0 unspecified atom stereocenters. The van der Waals surface area contributed by atoms with Crippen LogP contribution in [0.1, 0.15) is 29.5 Å². The second-order valence-corrected chi connectivity index (χ2v) is 7.04. The number of carbonyl (C=O) groups excluding carboxylic acids is 1. The number of benzene rings is 2. The Morgan fingerprint density at radius 1 is 1.10 bits per heavy atom. The number of rotatable bonds is 8. The van der Waals surface area contributed by atoms with E-state index in [0.717, 1.165) is 28.7 Å². The molecule has 0 fully saturated rings. The van der Waals surface area contributed by atoms with Gasteiger partial charge in [0, 0.05) is 6.54 Å². The number of carbonyl (C=O) groups is 2. The maximum Gasteiger partial charge on any atom is 0.338 e. The largest absolute Gasteiger partial charge is 0.479 e. The van der Waals surface area contributed by atoms with Gasteiger partial charge in [-0.15, -0.1) is 12.4 Å². The molecule has 9 heteroatoms. The Labute approximate surface area is 180 Å². The molecule has 2 aromatic carbocycles. The van der Waals surface area contributed by atoms with Gasteiger partial charge in [-0.25, -0.2) is 9.59 Å². The van der Waals surface area contributed by atoms with Crippen LogP contribution in [0.4, 0.5) is 0 Å². The molecule has 0 bridgehead atoms. The van der Waals surface area contributed by atoms with Crippen LogP contribution in [0.5, 0.6) is 0 Å². The molecule has 0 spiro atoms. The van der Waals surface area contributed by atoms with E-state index in [1.807, 2.05) is 30.3 Å². The number of hydrogen-bond acceptors (Lipinski definition) is 5. The van der Waals surface area contributed by atoms with Crippen molar-refractivity contribution in [2.24, 2.45) is 22.2 Å². The van der Waals surface area contributed by atoms with Gasteiger partial charge < -0.3 is 27.0 Å². The summed E-state index contributed by atoms with van der Waals surface area (Å²) in [5, 5.41) is 9.47. The van der Waals surface area contributed by atoms with Crippen LogP contribution in [0.15, 0.2) is 47.5 Å². The van der Waals surface area contributed by atoms with Crippen molar-refractivity contribution in [3.8, 4) is 11.1 Å². The van der Waals surface area contributed by atoms with Crippen molar-refractivity contribution in [2.75, 3.05) is 6.54 Å². The third kappa shape index (κ3) is 4.72. The lowest BCUT2D eigenvalue weighted by atomic mass is 9.94. The molecule has 30 heavy (non-hydrogen) atoms. The number of nitrogens with two attached hydrogens (primary N) is 3. The first-order valence-corrected chi connectivity index (χ1v) is 9.27. The molecule has 0 saturated heterocycles. The van der Waals surface area contributed by atoms with Gasteiger partial charge in [0.1, 0.15) is 6.61 Å². The van der Waals surface area contributed by atoms with Crippen LogP contribution >= 0.6 is 12.4 Å². The topological polar surface area (TPSA) is 154 Å². The van der Waals surface area contributed by atoms with Gasteiger partial charge in [0.25, 0.3) is 0 Å². The number of ether oxygens (including phenoxy) is 1. The van der Waals surface area contributed by atoms with Crippen LogP contribution in [0, 0.1) is 0 Å². The summed E-state index contributed by atoms with van der Waals surface area (Å²) in [7, 11) is 0. The molecule has 0 amide bonds. The molecule has 3 rings (SSSR count). The quantitative estimate of drug-likeness (QED) is 0.138. The third-order valence-corrected chi connectivity index (χ3v) is 5.08. The fourth-order valence-electron chi connectivity index (χ4n) is 3.49. The number of carboxylic acid groups (broad SMARTS) is 1. The van der Waals surface area contributed by atoms with Gasteiger partial charge in [-0.05, 0) is 47.1 Å². The summed E-state index contributed by atoms with van der Waals surface area (Å²) in [5.41, 5.74) is 19.6. The number of aliphatic carboxylic acids is 1. The monoisotopic (exact) mass is 432 g/mol. The molecular formula is C21H25ClN4O4. The van der Waals surface area contributed by atoms with E-state index in [9.17, 15) is 14.7 Å². The predicted molar refractivity (Wildman–Crippen MR) is 116 cm³/mol. The van der Waals surface area contributed by atoms with Crippen molar-refractivity contribution in [3.05, 3.63) is 59.2 Å². The Morgan fingerprint density at radius 3 is 2.50 bits per heavy atom. The molecule has 0 aliphatic heterocycles. The van der Waals surface area contributed by atoms with E-state index in [2.05, 4.69) is 17.1 Å². The predicted octanol–water partition coefficient (Wildman–Crippen LogP) is 1.56. The summed E-state index contributed by atoms with van der Waals surface area (Å²) in [6, 6.07) is 13.9. The zero-order chi connectivity index (χ0) is 21.0. The molecule has 1 atom stereocenters. The van der Waals surface area contributed by atoms with Crippen LogP contribution in [-0.4, -0.2) is 35.1 Å². The maximum absolute atomic E-state index is 12.5. The van der Waals surface area contributed by atoms with Crippen LogP contribution in [0.25, 0.3) is 11.1 Å². The van der Waals surface area contributed by atoms with Crippen molar-refractivity contribution >= 4 is 30.3 Å². The summed E-state index contributed by atoms with van der Waals surface area (Å²) < 4.78 is 5.33. The van der Waals surface area contributed by atoms with E-state index in [4.69, 9.17) is 21.9 Å².